The third kappa shape index (κ3) is 4.66. The quantitative estimate of drug-likeness (QED) is 0.619. The molecule has 0 atom stereocenters. The highest BCUT2D eigenvalue weighted by atomic mass is 32.2. The van der Waals surface area contributed by atoms with Crippen molar-refractivity contribution >= 4 is 22.1 Å². The topological polar surface area (TPSA) is 78.8 Å². The van der Waals surface area contributed by atoms with Crippen molar-refractivity contribution in [2.24, 2.45) is 5.10 Å². The van der Waals surface area contributed by atoms with E-state index in [1.54, 1.807) is 18.3 Å². The van der Waals surface area contributed by atoms with Gasteiger partial charge in [-0.2, -0.15) is 9.41 Å². The van der Waals surface area contributed by atoms with Gasteiger partial charge in [0.25, 0.3) is 5.91 Å². The number of aryl methyl sites for hydroxylation is 2. The Kier molecular flexibility index (Phi) is 6.26. The summed E-state index contributed by atoms with van der Waals surface area (Å²) < 4.78 is 27.1. The Balaban J connectivity index is 1.73. The molecule has 1 aliphatic heterocycles. The molecule has 2 aromatic rings. The summed E-state index contributed by atoms with van der Waals surface area (Å²) in [6.45, 7) is 5.01. The summed E-state index contributed by atoms with van der Waals surface area (Å²) in [5.41, 5.74) is 5.81. The van der Waals surface area contributed by atoms with E-state index in [1.807, 2.05) is 32.0 Å². The number of hydrogen-bond donors (Lipinski definition) is 1. The fourth-order valence-electron chi connectivity index (χ4n) is 3.18. The first-order chi connectivity index (χ1) is 13.4. The van der Waals surface area contributed by atoms with Gasteiger partial charge in [-0.3, -0.25) is 4.79 Å². The lowest BCUT2D eigenvalue weighted by molar-refractivity contribution is 0.0955. The van der Waals surface area contributed by atoms with Gasteiger partial charge < -0.3 is 0 Å². The Bertz CT molecular complexity index is 994. The van der Waals surface area contributed by atoms with Crippen LogP contribution < -0.4 is 5.43 Å². The molecule has 148 valence electrons. The van der Waals surface area contributed by atoms with E-state index in [2.05, 4.69) is 10.5 Å². The first-order valence-electron chi connectivity index (χ1n) is 9.39. The summed E-state index contributed by atoms with van der Waals surface area (Å²) in [5, 5.41) is 4.02. The van der Waals surface area contributed by atoms with Crippen LogP contribution in [0.3, 0.4) is 0 Å². The zero-order valence-electron chi connectivity index (χ0n) is 16.2. The molecule has 6 nitrogen and oxygen atoms in total. The van der Waals surface area contributed by atoms with Gasteiger partial charge in [-0.1, -0.05) is 36.2 Å². The van der Waals surface area contributed by atoms with Crippen molar-refractivity contribution in [3.63, 3.8) is 0 Å². The molecule has 1 saturated heterocycles. The van der Waals surface area contributed by atoms with Crippen LogP contribution in [0.2, 0.25) is 0 Å². The average Bonchev–Trinajstić information content (AvgIpc) is 2.71. The predicted octanol–water partition coefficient (Wildman–Crippen LogP) is 3.24. The number of nitrogens with zero attached hydrogens (tertiary/aromatic N) is 2. The van der Waals surface area contributed by atoms with Gasteiger partial charge >= 0.3 is 0 Å². The van der Waals surface area contributed by atoms with Gasteiger partial charge in [-0.15, -0.1) is 0 Å². The minimum Gasteiger partial charge on any atom is -0.267 e. The maximum absolute atomic E-state index is 12.8. The molecule has 0 saturated carbocycles. The fraction of sp³-hybridized carbons (Fsp3) is 0.333. The summed E-state index contributed by atoms with van der Waals surface area (Å²) in [4.78, 5) is 12.5. The van der Waals surface area contributed by atoms with E-state index < -0.39 is 15.9 Å². The molecular formula is C21H25N3O3S. The van der Waals surface area contributed by atoms with Crippen molar-refractivity contribution < 1.29 is 13.2 Å². The summed E-state index contributed by atoms with van der Waals surface area (Å²) >= 11 is 0. The Hall–Kier alpha value is -2.51. The number of carbonyl (C=O) groups is 1. The number of benzene rings is 2. The van der Waals surface area contributed by atoms with Crippen molar-refractivity contribution in [3.05, 3.63) is 64.7 Å². The third-order valence-electron chi connectivity index (χ3n) is 4.85. The number of amides is 1. The maximum Gasteiger partial charge on any atom is 0.271 e. The number of sulfonamides is 1. The molecule has 1 aliphatic rings. The van der Waals surface area contributed by atoms with E-state index in [0.717, 1.165) is 36.0 Å². The molecule has 1 fully saturated rings. The summed E-state index contributed by atoms with van der Waals surface area (Å²) in [6.07, 6.45) is 4.38. The number of nitrogens with one attached hydrogen (secondary N) is 1. The van der Waals surface area contributed by atoms with E-state index in [4.69, 9.17) is 0 Å². The molecule has 3 rings (SSSR count). The molecule has 0 radical (unpaired) electrons. The van der Waals surface area contributed by atoms with Crippen LogP contribution in [0, 0.1) is 13.8 Å². The second kappa shape index (κ2) is 8.67. The van der Waals surface area contributed by atoms with Crippen LogP contribution in [0.25, 0.3) is 0 Å². The van der Waals surface area contributed by atoms with Crippen LogP contribution in [-0.2, 0) is 10.0 Å². The largest absolute Gasteiger partial charge is 0.271 e. The minimum atomic E-state index is -3.58. The molecule has 7 heteroatoms. The van der Waals surface area contributed by atoms with Crippen molar-refractivity contribution in [2.75, 3.05) is 13.1 Å². The number of piperidine rings is 1. The van der Waals surface area contributed by atoms with Crippen LogP contribution in [0.4, 0.5) is 0 Å². The Morgan fingerprint density at radius 1 is 1.07 bits per heavy atom. The first kappa shape index (κ1) is 20.2. The highest BCUT2D eigenvalue weighted by Gasteiger charge is 2.26. The summed E-state index contributed by atoms with van der Waals surface area (Å²) in [7, 11) is -3.58. The summed E-state index contributed by atoms with van der Waals surface area (Å²) in [5.74, 6) is -0.447. The first-order valence-corrected chi connectivity index (χ1v) is 10.8. The molecule has 1 N–H and O–H groups in total. The van der Waals surface area contributed by atoms with Crippen molar-refractivity contribution in [1.82, 2.24) is 9.73 Å². The van der Waals surface area contributed by atoms with E-state index >= 15 is 0 Å². The van der Waals surface area contributed by atoms with Crippen LogP contribution in [0.1, 0.15) is 46.3 Å². The standard InChI is InChI=1S/C21H25N3O3S/c1-16-9-10-17(2)19(13-16)15-22-23-21(25)18-7-6-8-20(14-18)28(26,27)24-11-4-3-5-12-24/h6-10,13-15H,3-5,11-12H2,1-2H3,(H,23,25)/b22-15-. The molecule has 1 amide bonds. The van der Waals surface area contributed by atoms with Gasteiger partial charge in [0.1, 0.15) is 0 Å². The van der Waals surface area contributed by atoms with Gasteiger partial charge in [-0.25, -0.2) is 13.8 Å². The minimum absolute atomic E-state index is 0.139. The van der Waals surface area contributed by atoms with E-state index in [0.29, 0.717) is 13.1 Å². The lowest BCUT2D eigenvalue weighted by Gasteiger charge is -2.25. The lowest BCUT2D eigenvalue weighted by Crippen LogP contribution is -2.35. The Labute approximate surface area is 166 Å². The van der Waals surface area contributed by atoms with Crippen molar-refractivity contribution in [1.29, 1.82) is 0 Å². The normalized spacial score (nSPS) is 15.6. The Morgan fingerprint density at radius 3 is 2.57 bits per heavy atom. The zero-order chi connectivity index (χ0) is 20.1. The molecule has 0 aromatic heterocycles. The van der Waals surface area contributed by atoms with Gasteiger partial charge in [0, 0.05) is 18.7 Å². The molecule has 0 bridgehead atoms. The highest BCUT2D eigenvalue weighted by Crippen LogP contribution is 2.21. The van der Waals surface area contributed by atoms with Gasteiger partial charge in [-0.05, 0) is 56.0 Å². The van der Waals surface area contributed by atoms with E-state index in [-0.39, 0.29) is 10.5 Å². The third-order valence-corrected chi connectivity index (χ3v) is 6.75. The fourth-order valence-corrected chi connectivity index (χ4v) is 4.74. The smallest absolute Gasteiger partial charge is 0.267 e. The maximum atomic E-state index is 12.8. The SMILES string of the molecule is Cc1ccc(C)c(/C=N\NC(=O)c2cccc(S(=O)(=O)N3CCCCC3)c2)c1. The van der Waals surface area contributed by atoms with Gasteiger partial charge in [0.2, 0.25) is 10.0 Å². The highest BCUT2D eigenvalue weighted by molar-refractivity contribution is 7.89. The molecule has 0 unspecified atom stereocenters. The van der Waals surface area contributed by atoms with Crippen LogP contribution in [0.15, 0.2) is 52.5 Å². The van der Waals surface area contributed by atoms with Gasteiger partial charge in [0.15, 0.2) is 0 Å². The van der Waals surface area contributed by atoms with E-state index in [1.165, 1.54) is 16.4 Å². The van der Waals surface area contributed by atoms with Crippen LogP contribution in [-0.4, -0.2) is 37.9 Å². The summed E-state index contributed by atoms with van der Waals surface area (Å²) in [6, 6.07) is 12.1. The van der Waals surface area contributed by atoms with Gasteiger partial charge in [0.05, 0.1) is 11.1 Å². The lowest BCUT2D eigenvalue weighted by atomic mass is 10.1. The predicted molar refractivity (Wildman–Crippen MR) is 110 cm³/mol. The molecule has 2 aromatic carbocycles. The molecule has 28 heavy (non-hydrogen) atoms. The number of carbonyl (C=O) groups excluding carboxylic acids is 1. The second-order valence-corrected chi connectivity index (χ2v) is 8.99. The number of rotatable bonds is 5. The second-order valence-electron chi connectivity index (χ2n) is 7.05. The van der Waals surface area contributed by atoms with E-state index in [9.17, 15) is 13.2 Å². The average molecular weight is 400 g/mol. The van der Waals surface area contributed by atoms with Crippen LogP contribution >= 0.6 is 0 Å². The van der Waals surface area contributed by atoms with Crippen molar-refractivity contribution in [2.45, 2.75) is 38.0 Å². The molecular weight excluding hydrogens is 374 g/mol. The number of hydrogen-bond acceptors (Lipinski definition) is 4. The molecule has 0 aliphatic carbocycles. The van der Waals surface area contributed by atoms with Crippen LogP contribution in [0.5, 0.6) is 0 Å². The monoisotopic (exact) mass is 399 g/mol. The Morgan fingerprint density at radius 2 is 1.82 bits per heavy atom. The molecule has 0 spiro atoms. The zero-order valence-corrected chi connectivity index (χ0v) is 17.0. The number of hydrazone groups is 1. The van der Waals surface area contributed by atoms with Crippen molar-refractivity contribution in [3.8, 4) is 0 Å². The molecule has 1 heterocycles.